The van der Waals surface area contributed by atoms with Crippen molar-refractivity contribution >= 4 is 33.5 Å². The zero-order valence-corrected chi connectivity index (χ0v) is 17.5. The third-order valence-corrected chi connectivity index (χ3v) is 5.69. The molecule has 0 aliphatic rings. The molecule has 0 radical (unpaired) electrons. The molecule has 1 aromatic carbocycles. The number of nitrogens with one attached hydrogen (secondary N) is 1. The van der Waals surface area contributed by atoms with Crippen molar-refractivity contribution in [2.24, 2.45) is 0 Å². The number of hydrogen-bond acceptors (Lipinski definition) is 5. The second-order valence-corrected chi connectivity index (χ2v) is 7.72. The van der Waals surface area contributed by atoms with Crippen LogP contribution in [0.5, 0.6) is 0 Å². The fraction of sp³-hybridized carbons (Fsp3) is 0.273. The van der Waals surface area contributed by atoms with Crippen molar-refractivity contribution in [2.75, 3.05) is 23.3 Å². The smallest absolute Gasteiger partial charge is 0.187 e. The minimum absolute atomic E-state index is 0.882. The molecule has 6 heteroatoms. The lowest BCUT2D eigenvalue weighted by atomic mass is 10.2. The van der Waals surface area contributed by atoms with Gasteiger partial charge in [0.1, 0.15) is 11.3 Å². The van der Waals surface area contributed by atoms with Crippen molar-refractivity contribution in [3.8, 4) is 11.4 Å². The Labute approximate surface area is 169 Å². The molecular formula is C22H25N5S. The van der Waals surface area contributed by atoms with Crippen molar-refractivity contribution in [3.63, 3.8) is 0 Å². The van der Waals surface area contributed by atoms with Crippen LogP contribution in [0.3, 0.4) is 0 Å². The summed E-state index contributed by atoms with van der Waals surface area (Å²) >= 11 is 1.61. The van der Waals surface area contributed by atoms with Crippen LogP contribution < -0.4 is 10.2 Å². The zero-order chi connectivity index (χ0) is 19.7. The minimum Gasteiger partial charge on any atom is -0.372 e. The van der Waals surface area contributed by atoms with E-state index < -0.39 is 0 Å². The van der Waals surface area contributed by atoms with Crippen LogP contribution in [-0.4, -0.2) is 27.5 Å². The van der Waals surface area contributed by atoms with Crippen LogP contribution in [0.1, 0.15) is 25.1 Å². The van der Waals surface area contributed by atoms with Gasteiger partial charge in [-0.15, -0.1) is 11.3 Å². The van der Waals surface area contributed by atoms with E-state index >= 15 is 0 Å². The summed E-state index contributed by atoms with van der Waals surface area (Å²) in [5, 5.41) is 6.40. The Morgan fingerprint density at radius 2 is 1.75 bits per heavy atom. The van der Waals surface area contributed by atoms with Crippen LogP contribution in [0.4, 0.5) is 16.5 Å². The van der Waals surface area contributed by atoms with Crippen LogP contribution in [0.15, 0.2) is 48.0 Å². The summed E-state index contributed by atoms with van der Waals surface area (Å²) in [5.41, 5.74) is 7.43. The Morgan fingerprint density at radius 1 is 1.00 bits per heavy atom. The van der Waals surface area contributed by atoms with Gasteiger partial charge in [0.15, 0.2) is 5.13 Å². The number of pyridine rings is 1. The Kier molecular flexibility index (Phi) is 5.05. The van der Waals surface area contributed by atoms with Gasteiger partial charge in [0, 0.05) is 36.0 Å². The lowest BCUT2D eigenvalue weighted by molar-refractivity contribution is 0.866. The number of hydrogen-bond donors (Lipinski definition) is 1. The predicted molar refractivity (Wildman–Crippen MR) is 119 cm³/mol. The largest absolute Gasteiger partial charge is 0.372 e. The first kappa shape index (κ1) is 18.5. The molecule has 0 amide bonds. The highest BCUT2D eigenvalue weighted by Gasteiger charge is 2.14. The second kappa shape index (κ2) is 7.64. The van der Waals surface area contributed by atoms with Crippen LogP contribution >= 0.6 is 11.3 Å². The van der Waals surface area contributed by atoms with Crippen molar-refractivity contribution in [3.05, 3.63) is 59.2 Å². The van der Waals surface area contributed by atoms with Gasteiger partial charge in [-0.1, -0.05) is 6.07 Å². The van der Waals surface area contributed by atoms with Crippen molar-refractivity contribution in [2.45, 2.75) is 27.7 Å². The summed E-state index contributed by atoms with van der Waals surface area (Å²) in [6.07, 6.45) is 2.11. The minimum atomic E-state index is 0.882. The van der Waals surface area contributed by atoms with Crippen LogP contribution in [-0.2, 0) is 0 Å². The monoisotopic (exact) mass is 391 g/mol. The fourth-order valence-electron chi connectivity index (χ4n) is 3.48. The first-order chi connectivity index (χ1) is 13.6. The molecule has 0 fully saturated rings. The molecule has 0 bridgehead atoms. The molecule has 0 aliphatic heterocycles. The number of aryl methyl sites for hydroxylation is 2. The highest BCUT2D eigenvalue weighted by molar-refractivity contribution is 7.14. The molecule has 0 aliphatic carbocycles. The number of nitrogens with zero attached hydrogens (tertiary/aromatic N) is 4. The molecule has 28 heavy (non-hydrogen) atoms. The van der Waals surface area contributed by atoms with Crippen LogP contribution in [0.2, 0.25) is 0 Å². The maximum Gasteiger partial charge on any atom is 0.187 e. The number of rotatable bonds is 6. The van der Waals surface area contributed by atoms with Gasteiger partial charge in [-0.2, -0.15) is 0 Å². The van der Waals surface area contributed by atoms with Gasteiger partial charge in [-0.3, -0.25) is 4.40 Å². The van der Waals surface area contributed by atoms with Crippen molar-refractivity contribution < 1.29 is 0 Å². The average Bonchev–Trinajstić information content (AvgIpc) is 3.27. The molecule has 0 unspecified atom stereocenters. The molecule has 3 aromatic heterocycles. The summed E-state index contributed by atoms with van der Waals surface area (Å²) in [5.74, 6) is 0. The highest BCUT2D eigenvalue weighted by atomic mass is 32.1. The number of anilines is 3. The molecule has 0 saturated carbocycles. The molecule has 0 saturated heterocycles. The van der Waals surface area contributed by atoms with Gasteiger partial charge in [0.25, 0.3) is 0 Å². The van der Waals surface area contributed by atoms with Crippen LogP contribution in [0, 0.1) is 13.8 Å². The van der Waals surface area contributed by atoms with E-state index in [0.29, 0.717) is 0 Å². The quantitative estimate of drug-likeness (QED) is 0.460. The highest BCUT2D eigenvalue weighted by Crippen LogP contribution is 2.30. The van der Waals surface area contributed by atoms with E-state index in [1.54, 1.807) is 11.3 Å². The molecule has 4 aromatic rings. The van der Waals surface area contributed by atoms with Gasteiger partial charge in [-0.25, -0.2) is 9.97 Å². The Bertz CT molecular complexity index is 1090. The Hall–Kier alpha value is -2.86. The molecule has 0 spiro atoms. The molecular weight excluding hydrogens is 366 g/mol. The third kappa shape index (κ3) is 3.47. The van der Waals surface area contributed by atoms with E-state index in [1.165, 1.54) is 11.3 Å². The van der Waals surface area contributed by atoms with E-state index in [-0.39, 0.29) is 0 Å². The first-order valence-corrected chi connectivity index (χ1v) is 10.5. The summed E-state index contributed by atoms with van der Waals surface area (Å²) in [6, 6.07) is 12.7. The normalized spacial score (nSPS) is 11.1. The summed E-state index contributed by atoms with van der Waals surface area (Å²) in [4.78, 5) is 11.8. The molecule has 1 N–H and O–H groups in total. The first-order valence-electron chi connectivity index (χ1n) is 9.62. The topological polar surface area (TPSA) is 45.5 Å². The maximum atomic E-state index is 4.81. The third-order valence-electron chi connectivity index (χ3n) is 4.93. The second-order valence-electron chi connectivity index (χ2n) is 6.86. The lowest BCUT2D eigenvalue weighted by Crippen LogP contribution is -2.21. The Morgan fingerprint density at radius 3 is 2.46 bits per heavy atom. The summed E-state index contributed by atoms with van der Waals surface area (Å²) in [6.45, 7) is 10.5. The molecule has 0 atom stereocenters. The number of fused-ring (bicyclic) bond motifs is 1. The number of benzene rings is 1. The van der Waals surface area contributed by atoms with Gasteiger partial charge in [0.2, 0.25) is 0 Å². The lowest BCUT2D eigenvalue weighted by Gasteiger charge is -2.21. The van der Waals surface area contributed by atoms with Crippen molar-refractivity contribution in [1.29, 1.82) is 0 Å². The standard InChI is InChI=1S/C22H25N5S/c1-5-26(6-2)18-10-8-17(9-11-18)24-22-25-19(14-28-22)21-16(4)23-20-12-7-15(3)13-27(20)21/h7-14H,5-6H2,1-4H3,(H,24,25). The number of aromatic nitrogens is 3. The van der Waals surface area contributed by atoms with E-state index in [0.717, 1.165) is 46.6 Å². The maximum absolute atomic E-state index is 4.81. The fourth-order valence-corrected chi connectivity index (χ4v) is 4.20. The van der Waals surface area contributed by atoms with Gasteiger partial charge in [0.05, 0.1) is 11.4 Å². The van der Waals surface area contributed by atoms with E-state index in [1.807, 2.05) is 6.92 Å². The van der Waals surface area contributed by atoms with E-state index in [2.05, 4.69) is 88.3 Å². The molecule has 3 heterocycles. The average molecular weight is 392 g/mol. The van der Waals surface area contributed by atoms with Gasteiger partial charge < -0.3 is 10.2 Å². The van der Waals surface area contributed by atoms with Crippen molar-refractivity contribution in [1.82, 2.24) is 14.4 Å². The molecule has 144 valence electrons. The molecule has 4 rings (SSSR count). The predicted octanol–water partition coefficient (Wildman–Crippen LogP) is 5.66. The van der Waals surface area contributed by atoms with Crippen LogP contribution in [0.25, 0.3) is 17.0 Å². The zero-order valence-electron chi connectivity index (χ0n) is 16.7. The van der Waals surface area contributed by atoms with E-state index in [9.17, 15) is 0 Å². The summed E-state index contributed by atoms with van der Waals surface area (Å²) < 4.78 is 2.13. The summed E-state index contributed by atoms with van der Waals surface area (Å²) in [7, 11) is 0. The van der Waals surface area contributed by atoms with Gasteiger partial charge in [-0.05, 0) is 63.6 Å². The Balaban J connectivity index is 1.59. The van der Waals surface area contributed by atoms with Gasteiger partial charge >= 0.3 is 0 Å². The SMILES string of the molecule is CCN(CC)c1ccc(Nc2nc(-c3c(C)nc4ccc(C)cn34)cs2)cc1. The van der Waals surface area contributed by atoms with E-state index in [4.69, 9.17) is 4.98 Å². The number of thiazole rings is 1. The molecule has 5 nitrogen and oxygen atoms in total. The number of imidazole rings is 1.